The first-order valence-electron chi connectivity index (χ1n) is 11.9. The lowest BCUT2D eigenvalue weighted by Gasteiger charge is -2.34. The second-order valence-electron chi connectivity index (χ2n) is 8.90. The molecule has 1 aromatic heterocycles. The van der Waals surface area contributed by atoms with E-state index in [1.165, 1.54) is 22.3 Å². The van der Waals surface area contributed by atoms with Gasteiger partial charge in [-0.05, 0) is 49.5 Å². The Morgan fingerprint density at radius 2 is 1.94 bits per heavy atom. The monoisotopic (exact) mass is 484 g/mol. The van der Waals surface area contributed by atoms with Crippen molar-refractivity contribution in [2.75, 3.05) is 62.9 Å². The third-order valence-electron chi connectivity index (χ3n) is 6.60. The van der Waals surface area contributed by atoms with Crippen LogP contribution in [0.25, 0.3) is 5.70 Å². The summed E-state index contributed by atoms with van der Waals surface area (Å²) in [5.74, 6) is 0.750. The second kappa shape index (κ2) is 9.79. The Bertz CT molecular complexity index is 1460. The van der Waals surface area contributed by atoms with Gasteiger partial charge in [0, 0.05) is 49.8 Å². The lowest BCUT2D eigenvalue weighted by Crippen LogP contribution is -2.51. The molecule has 0 spiro atoms. The van der Waals surface area contributed by atoms with E-state index in [0.717, 1.165) is 37.6 Å². The Morgan fingerprint density at radius 3 is 2.69 bits per heavy atom. The number of benzene rings is 2. The molecule has 0 aliphatic carbocycles. The zero-order valence-electron chi connectivity index (χ0n) is 20.8. The average Bonchev–Trinajstić information content (AvgIpc) is 2.89. The molecule has 2 aromatic carbocycles. The van der Waals surface area contributed by atoms with Crippen LogP contribution in [0.5, 0.6) is 5.75 Å². The minimum Gasteiger partial charge on any atom is -0.495 e. The Kier molecular flexibility index (Phi) is 6.39. The van der Waals surface area contributed by atoms with Gasteiger partial charge in [0.15, 0.2) is 0 Å². The molecule has 1 amide bonds. The molecule has 1 fully saturated rings. The summed E-state index contributed by atoms with van der Waals surface area (Å²) in [4.78, 5) is 25.7. The number of carbonyl (C=O) groups is 1. The minimum absolute atomic E-state index is 0.289. The molecule has 2 aliphatic rings. The number of rotatable bonds is 7. The molecule has 3 heterocycles. The largest absolute Gasteiger partial charge is 0.495 e. The first kappa shape index (κ1) is 23.5. The Morgan fingerprint density at radius 1 is 1.14 bits per heavy atom. The molecule has 184 valence electrons. The van der Waals surface area contributed by atoms with Gasteiger partial charge in [-0.15, -0.1) is 0 Å². The quantitative estimate of drug-likeness (QED) is 0.387. The van der Waals surface area contributed by atoms with Gasteiger partial charge in [-0.1, -0.05) is 6.58 Å². The summed E-state index contributed by atoms with van der Waals surface area (Å²) in [6.45, 7) is 7.73. The number of hydrogen-bond acceptors (Lipinski definition) is 7. The summed E-state index contributed by atoms with van der Waals surface area (Å²) in [5, 5.41) is 8.35. The van der Waals surface area contributed by atoms with Crippen molar-refractivity contribution in [2.45, 2.75) is 0 Å². The van der Waals surface area contributed by atoms with E-state index in [1.807, 2.05) is 6.07 Å². The number of nitrogens with zero attached hydrogens (tertiary/aromatic N) is 5. The summed E-state index contributed by atoms with van der Waals surface area (Å²) < 4.78 is 7.65. The lowest BCUT2D eigenvalue weighted by atomic mass is 10.1. The SMILES string of the molecule is C=CC(=O)Nc1ccc(OC)c(Nc2nccc(C3=c4ccc(N5CCN(C)CC5)cc4=[N+]3C)n2)c1. The highest BCUT2D eigenvalue weighted by atomic mass is 16.5. The van der Waals surface area contributed by atoms with Crippen molar-refractivity contribution in [2.24, 2.45) is 0 Å². The molecule has 0 unspecified atom stereocenters. The third kappa shape index (κ3) is 4.52. The van der Waals surface area contributed by atoms with Crippen LogP contribution in [0.3, 0.4) is 0 Å². The first-order chi connectivity index (χ1) is 17.5. The van der Waals surface area contributed by atoms with Crippen LogP contribution in [0.2, 0.25) is 0 Å². The zero-order valence-corrected chi connectivity index (χ0v) is 20.8. The van der Waals surface area contributed by atoms with E-state index in [2.05, 4.69) is 68.9 Å². The average molecular weight is 485 g/mol. The van der Waals surface area contributed by atoms with Crippen LogP contribution >= 0.6 is 0 Å². The normalized spacial score (nSPS) is 15.1. The standard InChI is InChI=1S/C27H29N7O2/c1-5-25(35)29-18-6-9-24(36-4)22(16-18)31-27-28-11-10-21(30-27)26-20-8-7-19(17-23(20)33(26)3)34-14-12-32(2)13-15-34/h5-11,16-17H,1,12-15H2,2-4H3,(H-,28,29,30,31,35)/p+1. The van der Waals surface area contributed by atoms with E-state index in [9.17, 15) is 4.79 Å². The second-order valence-corrected chi connectivity index (χ2v) is 8.90. The van der Waals surface area contributed by atoms with Crippen LogP contribution in [0.1, 0.15) is 5.69 Å². The predicted octanol–water partition coefficient (Wildman–Crippen LogP) is 1.40. The fraction of sp³-hybridized carbons (Fsp3) is 0.259. The van der Waals surface area contributed by atoms with E-state index in [4.69, 9.17) is 9.72 Å². The van der Waals surface area contributed by atoms with Crippen molar-refractivity contribution >= 4 is 34.6 Å². The van der Waals surface area contributed by atoms with E-state index in [1.54, 1.807) is 31.5 Å². The predicted molar refractivity (Wildman–Crippen MR) is 142 cm³/mol. The maximum absolute atomic E-state index is 11.7. The van der Waals surface area contributed by atoms with Crippen LogP contribution in [0.4, 0.5) is 23.0 Å². The number of nitrogens with one attached hydrogen (secondary N) is 2. The van der Waals surface area contributed by atoms with Gasteiger partial charge in [0.1, 0.15) is 23.7 Å². The fourth-order valence-electron chi connectivity index (χ4n) is 4.57. The number of likely N-dealkylation sites (N-methyl/N-ethyl adjacent to an activating group) is 1. The number of anilines is 4. The summed E-state index contributed by atoms with van der Waals surface area (Å²) >= 11 is 0. The molecular weight excluding hydrogens is 454 g/mol. The molecule has 2 aliphatic heterocycles. The van der Waals surface area contributed by atoms with E-state index in [-0.39, 0.29) is 5.91 Å². The lowest BCUT2D eigenvalue weighted by molar-refractivity contribution is -0.111. The van der Waals surface area contributed by atoms with Crippen LogP contribution in [-0.2, 0) is 4.79 Å². The van der Waals surface area contributed by atoms with Crippen LogP contribution in [-0.4, -0.2) is 68.2 Å². The van der Waals surface area contributed by atoms with Gasteiger partial charge < -0.3 is 25.2 Å². The van der Waals surface area contributed by atoms with Crippen molar-refractivity contribution in [3.63, 3.8) is 0 Å². The molecule has 0 saturated carbocycles. The topological polar surface area (TPSA) is 85.6 Å². The summed E-state index contributed by atoms with van der Waals surface area (Å²) in [5.41, 5.74) is 4.39. The van der Waals surface area contributed by atoms with Crippen LogP contribution in [0, 0.1) is 0 Å². The smallest absolute Gasteiger partial charge is 0.247 e. The van der Waals surface area contributed by atoms with Crippen LogP contribution in [0.15, 0.2) is 61.3 Å². The summed E-state index contributed by atoms with van der Waals surface area (Å²) in [7, 11) is 5.82. The Labute approximate surface area is 210 Å². The molecule has 0 radical (unpaired) electrons. The summed E-state index contributed by atoms with van der Waals surface area (Å²) in [6.07, 6.45) is 2.96. The van der Waals surface area contributed by atoms with Gasteiger partial charge in [0.05, 0.1) is 12.8 Å². The highest BCUT2D eigenvalue weighted by Crippen LogP contribution is 2.30. The van der Waals surface area contributed by atoms with Gasteiger partial charge in [-0.3, -0.25) is 4.79 Å². The number of ether oxygens (including phenoxy) is 1. The van der Waals surface area contributed by atoms with Crippen molar-refractivity contribution < 1.29 is 9.53 Å². The molecule has 36 heavy (non-hydrogen) atoms. The first-order valence-corrected chi connectivity index (χ1v) is 11.9. The van der Waals surface area contributed by atoms with Crippen molar-refractivity contribution in [1.29, 1.82) is 0 Å². The summed E-state index contributed by atoms with van der Waals surface area (Å²) in [6, 6.07) is 13.9. The van der Waals surface area contributed by atoms with Crippen LogP contribution < -0.4 is 35.4 Å². The van der Waals surface area contributed by atoms with E-state index in [0.29, 0.717) is 23.1 Å². The zero-order chi connectivity index (χ0) is 25.2. The van der Waals surface area contributed by atoms with Crippen molar-refractivity contribution in [3.05, 3.63) is 77.6 Å². The van der Waals surface area contributed by atoms with Gasteiger partial charge in [-0.2, -0.15) is 4.58 Å². The molecule has 0 bridgehead atoms. The molecule has 9 nitrogen and oxygen atoms in total. The van der Waals surface area contributed by atoms with Crippen molar-refractivity contribution in [3.8, 4) is 5.75 Å². The highest BCUT2D eigenvalue weighted by molar-refractivity contribution is 5.99. The number of hydrogen-bond donors (Lipinski definition) is 2. The van der Waals surface area contributed by atoms with Gasteiger partial charge >= 0.3 is 0 Å². The Hall–Kier alpha value is -4.24. The fourth-order valence-corrected chi connectivity index (χ4v) is 4.57. The van der Waals surface area contributed by atoms with Crippen molar-refractivity contribution in [1.82, 2.24) is 19.4 Å². The number of methoxy groups -OCH3 is 1. The molecule has 3 aromatic rings. The maximum Gasteiger partial charge on any atom is 0.247 e. The highest BCUT2D eigenvalue weighted by Gasteiger charge is 2.27. The minimum atomic E-state index is -0.289. The van der Waals surface area contributed by atoms with E-state index < -0.39 is 0 Å². The number of fused-ring (bicyclic) bond motifs is 1. The molecule has 2 N–H and O–H groups in total. The molecule has 9 heteroatoms. The third-order valence-corrected chi connectivity index (χ3v) is 6.60. The van der Waals surface area contributed by atoms with Gasteiger partial charge in [-0.25, -0.2) is 9.97 Å². The number of carbonyl (C=O) groups excluding carboxylic acids is 1. The van der Waals surface area contributed by atoms with E-state index >= 15 is 0 Å². The molecular formula is C27H30N7O2+. The maximum atomic E-state index is 11.7. The number of amides is 1. The van der Waals surface area contributed by atoms with Gasteiger partial charge in [0.25, 0.3) is 0 Å². The Balaban J connectivity index is 1.42. The molecule has 5 rings (SSSR count). The molecule has 1 saturated heterocycles. The molecule has 0 atom stereocenters. The number of aromatic nitrogens is 2. The number of piperazine rings is 1. The van der Waals surface area contributed by atoms with Gasteiger partial charge in [0.2, 0.25) is 22.9 Å².